The van der Waals surface area contributed by atoms with Gasteiger partial charge in [-0.1, -0.05) is 37.6 Å². The molecule has 2 aromatic rings. The molecule has 24 heavy (non-hydrogen) atoms. The number of carbonyl (C=O) groups is 2. The van der Waals surface area contributed by atoms with Crippen LogP contribution >= 0.6 is 0 Å². The number of rotatable bonds is 6. The van der Waals surface area contributed by atoms with E-state index in [1.807, 2.05) is 31.2 Å². The Hall–Kier alpha value is -2.62. The minimum atomic E-state index is -0.178. The maximum absolute atomic E-state index is 12.5. The Labute approximate surface area is 143 Å². The zero-order chi connectivity index (χ0) is 17.5. The molecule has 1 N–H and O–H groups in total. The van der Waals surface area contributed by atoms with E-state index >= 15 is 0 Å². The van der Waals surface area contributed by atoms with Crippen LogP contribution in [0.15, 0.2) is 48.5 Å². The van der Waals surface area contributed by atoms with Gasteiger partial charge in [0, 0.05) is 30.4 Å². The first-order chi connectivity index (χ1) is 11.5. The summed E-state index contributed by atoms with van der Waals surface area (Å²) < 4.78 is 0. The molecule has 0 saturated carbocycles. The van der Waals surface area contributed by atoms with Crippen LogP contribution < -0.4 is 5.32 Å². The highest BCUT2D eigenvalue weighted by Crippen LogP contribution is 2.19. The van der Waals surface area contributed by atoms with Gasteiger partial charge in [0.1, 0.15) is 0 Å². The molecule has 2 amide bonds. The molecule has 4 heteroatoms. The van der Waals surface area contributed by atoms with E-state index in [4.69, 9.17) is 0 Å². The Bertz CT molecular complexity index is 711. The Morgan fingerprint density at radius 2 is 1.75 bits per heavy atom. The first-order valence-electron chi connectivity index (χ1n) is 8.25. The van der Waals surface area contributed by atoms with Crippen molar-refractivity contribution < 1.29 is 9.59 Å². The number of aryl methyl sites for hydroxylation is 1. The van der Waals surface area contributed by atoms with Crippen molar-refractivity contribution >= 4 is 17.5 Å². The van der Waals surface area contributed by atoms with Gasteiger partial charge in [-0.15, -0.1) is 0 Å². The summed E-state index contributed by atoms with van der Waals surface area (Å²) in [6.07, 6.45) is 2.02. The Morgan fingerprint density at radius 3 is 2.42 bits per heavy atom. The molecule has 0 aliphatic heterocycles. The van der Waals surface area contributed by atoms with Crippen LogP contribution in [-0.4, -0.2) is 30.3 Å². The second-order valence-corrected chi connectivity index (χ2v) is 5.93. The van der Waals surface area contributed by atoms with E-state index in [0.29, 0.717) is 16.8 Å². The number of hydrogen-bond donors (Lipinski definition) is 1. The van der Waals surface area contributed by atoms with E-state index in [2.05, 4.69) is 12.2 Å². The lowest BCUT2D eigenvalue weighted by Crippen LogP contribution is -2.27. The maximum Gasteiger partial charge on any atom is 0.255 e. The van der Waals surface area contributed by atoms with Crippen molar-refractivity contribution in [2.45, 2.75) is 26.7 Å². The van der Waals surface area contributed by atoms with E-state index < -0.39 is 0 Å². The molecule has 4 nitrogen and oxygen atoms in total. The second-order valence-electron chi connectivity index (χ2n) is 5.93. The molecule has 2 aromatic carbocycles. The average Bonchev–Trinajstić information content (AvgIpc) is 2.61. The number of nitrogens with one attached hydrogen (secondary N) is 1. The largest absolute Gasteiger partial charge is 0.342 e. The molecule has 0 bridgehead atoms. The quantitative estimate of drug-likeness (QED) is 0.869. The van der Waals surface area contributed by atoms with Crippen LogP contribution in [0.5, 0.6) is 0 Å². The number of unbranched alkanes of at least 4 members (excludes halogenated alkanes) is 1. The lowest BCUT2D eigenvalue weighted by Gasteiger charge is -2.18. The molecule has 0 spiro atoms. The molecule has 0 saturated heterocycles. The molecule has 126 valence electrons. The van der Waals surface area contributed by atoms with Crippen LogP contribution in [0.3, 0.4) is 0 Å². The van der Waals surface area contributed by atoms with Gasteiger partial charge in [-0.2, -0.15) is 0 Å². The number of amides is 2. The Balaban J connectivity index is 2.16. The van der Waals surface area contributed by atoms with Gasteiger partial charge in [-0.05, 0) is 43.2 Å². The minimum Gasteiger partial charge on any atom is -0.342 e. The number of nitrogens with zero attached hydrogens (tertiary/aromatic N) is 1. The Morgan fingerprint density at radius 1 is 1.04 bits per heavy atom. The molecule has 0 heterocycles. The van der Waals surface area contributed by atoms with E-state index in [-0.39, 0.29) is 11.8 Å². The van der Waals surface area contributed by atoms with Gasteiger partial charge in [0.05, 0.1) is 0 Å². The topological polar surface area (TPSA) is 49.4 Å². The standard InChI is InChI=1S/C20H24N2O2/c1-4-5-13-22(3)20(24)17-12-11-15(2)18(14-17)21-19(23)16-9-7-6-8-10-16/h6-12,14H,4-5,13H2,1-3H3,(H,21,23). The van der Waals surface area contributed by atoms with Crippen molar-refractivity contribution in [2.75, 3.05) is 18.9 Å². The zero-order valence-corrected chi connectivity index (χ0v) is 14.5. The van der Waals surface area contributed by atoms with Gasteiger partial charge in [0.2, 0.25) is 0 Å². The van der Waals surface area contributed by atoms with Crippen molar-refractivity contribution in [3.63, 3.8) is 0 Å². The highest BCUT2D eigenvalue weighted by molar-refractivity contribution is 6.05. The monoisotopic (exact) mass is 324 g/mol. The van der Waals surface area contributed by atoms with Gasteiger partial charge in [-0.3, -0.25) is 9.59 Å². The lowest BCUT2D eigenvalue weighted by atomic mass is 10.1. The lowest BCUT2D eigenvalue weighted by molar-refractivity contribution is 0.0793. The van der Waals surface area contributed by atoms with Gasteiger partial charge in [0.25, 0.3) is 11.8 Å². The SMILES string of the molecule is CCCCN(C)C(=O)c1ccc(C)c(NC(=O)c2ccccc2)c1. The predicted molar refractivity (Wildman–Crippen MR) is 97.4 cm³/mol. The third-order valence-electron chi connectivity index (χ3n) is 3.96. The van der Waals surface area contributed by atoms with Crippen LogP contribution in [0.25, 0.3) is 0 Å². The number of anilines is 1. The summed E-state index contributed by atoms with van der Waals surface area (Å²) in [5, 5.41) is 2.89. The highest BCUT2D eigenvalue weighted by Gasteiger charge is 2.14. The van der Waals surface area contributed by atoms with Crippen LogP contribution in [0, 0.1) is 6.92 Å². The predicted octanol–water partition coefficient (Wildman–Crippen LogP) is 4.12. The highest BCUT2D eigenvalue weighted by atomic mass is 16.2. The van der Waals surface area contributed by atoms with E-state index in [1.165, 1.54) is 0 Å². The van der Waals surface area contributed by atoms with Crippen LogP contribution in [-0.2, 0) is 0 Å². The molecule has 0 atom stereocenters. The molecule has 2 rings (SSSR count). The molecule has 0 unspecified atom stereocenters. The van der Waals surface area contributed by atoms with Crippen molar-refractivity contribution in [1.82, 2.24) is 4.90 Å². The molecule has 0 aliphatic carbocycles. The molecule has 0 fully saturated rings. The summed E-state index contributed by atoms with van der Waals surface area (Å²) in [5.41, 5.74) is 2.77. The van der Waals surface area contributed by atoms with Gasteiger partial charge < -0.3 is 10.2 Å². The van der Waals surface area contributed by atoms with Crippen molar-refractivity contribution in [2.24, 2.45) is 0 Å². The van der Waals surface area contributed by atoms with Gasteiger partial charge >= 0.3 is 0 Å². The van der Waals surface area contributed by atoms with Gasteiger partial charge in [-0.25, -0.2) is 0 Å². The first kappa shape index (κ1) is 17.7. The zero-order valence-electron chi connectivity index (χ0n) is 14.5. The summed E-state index contributed by atoms with van der Waals surface area (Å²) in [6, 6.07) is 14.5. The maximum atomic E-state index is 12.5. The molecule has 0 aromatic heterocycles. The van der Waals surface area contributed by atoms with Gasteiger partial charge in [0.15, 0.2) is 0 Å². The van der Waals surface area contributed by atoms with E-state index in [9.17, 15) is 9.59 Å². The Kier molecular flexibility index (Phi) is 6.13. The van der Waals surface area contributed by atoms with E-state index in [0.717, 1.165) is 24.9 Å². The summed E-state index contributed by atoms with van der Waals surface area (Å²) in [6.45, 7) is 4.74. The van der Waals surface area contributed by atoms with Crippen LogP contribution in [0.2, 0.25) is 0 Å². The summed E-state index contributed by atoms with van der Waals surface area (Å²) in [7, 11) is 1.81. The number of hydrogen-bond acceptors (Lipinski definition) is 2. The molecular formula is C20H24N2O2. The average molecular weight is 324 g/mol. The smallest absolute Gasteiger partial charge is 0.255 e. The van der Waals surface area contributed by atoms with Crippen molar-refractivity contribution in [1.29, 1.82) is 0 Å². The summed E-state index contributed by atoms with van der Waals surface area (Å²) >= 11 is 0. The number of benzene rings is 2. The minimum absolute atomic E-state index is 0.0290. The first-order valence-corrected chi connectivity index (χ1v) is 8.25. The van der Waals surface area contributed by atoms with Crippen molar-refractivity contribution in [3.05, 3.63) is 65.2 Å². The fraction of sp³-hybridized carbons (Fsp3) is 0.300. The van der Waals surface area contributed by atoms with Crippen LogP contribution in [0.4, 0.5) is 5.69 Å². The summed E-state index contributed by atoms with van der Waals surface area (Å²) in [4.78, 5) is 26.5. The fourth-order valence-corrected chi connectivity index (χ4v) is 2.39. The normalized spacial score (nSPS) is 10.3. The second kappa shape index (κ2) is 8.29. The fourth-order valence-electron chi connectivity index (χ4n) is 2.39. The third-order valence-corrected chi connectivity index (χ3v) is 3.96. The third kappa shape index (κ3) is 4.44. The van der Waals surface area contributed by atoms with Crippen LogP contribution in [0.1, 0.15) is 46.0 Å². The molecule has 0 aliphatic rings. The molecular weight excluding hydrogens is 300 g/mol. The summed E-state index contributed by atoms with van der Waals surface area (Å²) in [5.74, 6) is -0.207. The molecule has 0 radical (unpaired) electrons. The van der Waals surface area contributed by atoms with E-state index in [1.54, 1.807) is 36.2 Å². The van der Waals surface area contributed by atoms with Crippen molar-refractivity contribution in [3.8, 4) is 0 Å². The number of carbonyl (C=O) groups excluding carboxylic acids is 2.